The largest absolute Gasteiger partial charge is 0.493 e. The maximum absolute atomic E-state index is 12.4. The summed E-state index contributed by atoms with van der Waals surface area (Å²) in [5.74, 6) is 0.686. The average molecular weight is 424 g/mol. The van der Waals surface area contributed by atoms with Crippen molar-refractivity contribution in [2.24, 2.45) is 4.99 Å². The van der Waals surface area contributed by atoms with Crippen molar-refractivity contribution >= 4 is 29.5 Å². The maximum atomic E-state index is 12.4. The molecule has 0 spiro atoms. The Morgan fingerprint density at radius 2 is 1.80 bits per heavy atom. The molecule has 152 valence electrons. The number of aliphatic imine (C=N–C) groups is 1. The molecule has 1 aromatic heterocycles. The van der Waals surface area contributed by atoms with Crippen LogP contribution < -0.4 is 9.47 Å². The van der Waals surface area contributed by atoms with E-state index in [1.54, 1.807) is 36.1 Å². The zero-order valence-corrected chi connectivity index (χ0v) is 17.3. The second-order valence-electron chi connectivity index (χ2n) is 6.44. The molecule has 2 aromatic carbocycles. The Morgan fingerprint density at radius 1 is 1.07 bits per heavy atom. The van der Waals surface area contributed by atoms with E-state index >= 15 is 0 Å². The van der Waals surface area contributed by atoms with Crippen LogP contribution in [0.1, 0.15) is 16.8 Å². The van der Waals surface area contributed by atoms with Crippen molar-refractivity contribution in [2.75, 3.05) is 14.2 Å². The summed E-state index contributed by atoms with van der Waals surface area (Å²) in [5.41, 5.74) is 2.81. The van der Waals surface area contributed by atoms with Gasteiger partial charge >= 0.3 is 5.97 Å². The molecule has 0 N–H and O–H groups in total. The first-order valence-corrected chi connectivity index (χ1v) is 9.45. The number of hydrogen-bond acceptors (Lipinski definition) is 6. The summed E-state index contributed by atoms with van der Waals surface area (Å²) < 4.78 is 17.5. The molecule has 0 unspecified atom stereocenters. The number of nitrogens with zero attached hydrogens (tertiary/aromatic N) is 3. The molecule has 0 amide bonds. The van der Waals surface area contributed by atoms with Crippen LogP contribution >= 0.6 is 11.6 Å². The van der Waals surface area contributed by atoms with E-state index in [1.165, 1.54) is 7.11 Å². The number of hydrogen-bond donors (Lipinski definition) is 0. The van der Waals surface area contributed by atoms with Crippen LogP contribution in [0.4, 0.5) is 0 Å². The monoisotopic (exact) mass is 423 g/mol. The van der Waals surface area contributed by atoms with Gasteiger partial charge in [-0.25, -0.2) is 14.5 Å². The first kappa shape index (κ1) is 19.7. The lowest BCUT2D eigenvalue weighted by Gasteiger charge is -2.08. The van der Waals surface area contributed by atoms with Crippen LogP contribution in [0, 0.1) is 6.92 Å². The number of aryl methyl sites for hydroxylation is 1. The van der Waals surface area contributed by atoms with Gasteiger partial charge in [0.1, 0.15) is 5.15 Å². The summed E-state index contributed by atoms with van der Waals surface area (Å²) in [6.07, 6.45) is 1.58. The van der Waals surface area contributed by atoms with Gasteiger partial charge < -0.3 is 14.2 Å². The third-order valence-corrected chi connectivity index (χ3v) is 4.94. The number of rotatable bonds is 5. The van der Waals surface area contributed by atoms with Gasteiger partial charge in [0.2, 0.25) is 5.90 Å². The van der Waals surface area contributed by atoms with Gasteiger partial charge in [-0.1, -0.05) is 29.8 Å². The number of carbonyl (C=O) groups is 1. The average Bonchev–Trinajstić information content (AvgIpc) is 3.28. The van der Waals surface area contributed by atoms with Crippen LogP contribution in [0.25, 0.3) is 11.8 Å². The highest BCUT2D eigenvalue weighted by Crippen LogP contribution is 2.31. The lowest BCUT2D eigenvalue weighted by Crippen LogP contribution is -2.06. The molecule has 0 aliphatic carbocycles. The van der Waals surface area contributed by atoms with Crippen molar-refractivity contribution in [3.05, 3.63) is 76.2 Å². The number of carbonyl (C=O) groups excluding carboxylic acids is 1. The first-order valence-electron chi connectivity index (χ1n) is 9.07. The van der Waals surface area contributed by atoms with Crippen molar-refractivity contribution in [3.8, 4) is 17.2 Å². The molecule has 8 heteroatoms. The van der Waals surface area contributed by atoms with Crippen molar-refractivity contribution in [1.29, 1.82) is 0 Å². The number of methoxy groups -OCH3 is 2. The van der Waals surface area contributed by atoms with Crippen molar-refractivity contribution in [3.63, 3.8) is 0 Å². The molecule has 1 aliphatic rings. The minimum absolute atomic E-state index is 0.136. The minimum Gasteiger partial charge on any atom is -0.493 e. The molecule has 0 fully saturated rings. The van der Waals surface area contributed by atoms with Gasteiger partial charge in [0, 0.05) is 11.1 Å². The van der Waals surface area contributed by atoms with Gasteiger partial charge in [0.25, 0.3) is 0 Å². The molecule has 2 heterocycles. The predicted octanol–water partition coefficient (Wildman–Crippen LogP) is 4.20. The zero-order valence-electron chi connectivity index (χ0n) is 16.5. The summed E-state index contributed by atoms with van der Waals surface area (Å²) >= 11 is 6.54. The third kappa shape index (κ3) is 3.55. The van der Waals surface area contributed by atoms with Crippen molar-refractivity contribution < 1.29 is 19.0 Å². The van der Waals surface area contributed by atoms with E-state index in [0.717, 1.165) is 5.69 Å². The van der Waals surface area contributed by atoms with E-state index in [2.05, 4.69) is 10.1 Å². The molecule has 0 saturated carbocycles. The number of ether oxygens (including phenoxy) is 3. The molecule has 7 nitrogen and oxygen atoms in total. The van der Waals surface area contributed by atoms with Crippen LogP contribution in [0.3, 0.4) is 0 Å². The van der Waals surface area contributed by atoms with E-state index in [1.807, 2.05) is 37.3 Å². The molecule has 4 rings (SSSR count). The first-order chi connectivity index (χ1) is 14.5. The van der Waals surface area contributed by atoms with E-state index < -0.39 is 5.97 Å². The Bertz CT molecular complexity index is 1180. The van der Waals surface area contributed by atoms with Gasteiger partial charge in [-0.05, 0) is 43.3 Å². The van der Waals surface area contributed by atoms with E-state index in [4.69, 9.17) is 25.8 Å². The van der Waals surface area contributed by atoms with Gasteiger partial charge in [-0.2, -0.15) is 5.10 Å². The molecule has 0 bridgehead atoms. The lowest BCUT2D eigenvalue weighted by molar-refractivity contribution is -0.129. The molecular weight excluding hydrogens is 406 g/mol. The summed E-state index contributed by atoms with van der Waals surface area (Å²) in [4.78, 5) is 16.8. The predicted molar refractivity (Wildman–Crippen MR) is 113 cm³/mol. The van der Waals surface area contributed by atoms with Crippen molar-refractivity contribution in [2.45, 2.75) is 6.92 Å². The fourth-order valence-electron chi connectivity index (χ4n) is 3.05. The molecule has 1 aliphatic heterocycles. The van der Waals surface area contributed by atoms with E-state index in [-0.39, 0.29) is 11.6 Å². The molecule has 3 aromatic rings. The van der Waals surface area contributed by atoms with Crippen LogP contribution in [0.5, 0.6) is 11.5 Å². The Labute approximate surface area is 178 Å². The Kier molecular flexibility index (Phi) is 5.29. The highest BCUT2D eigenvalue weighted by atomic mass is 35.5. The standard InChI is InChI=1S/C22H18ClN3O4/c1-13-16(20(23)26(25-13)15-7-5-4-6-8-15)12-17-22(27)30-21(24-17)14-9-10-18(28-2)19(11-14)29-3/h4-12H,1-3H3/b17-12-. The number of para-hydroxylation sites is 1. The Balaban J connectivity index is 1.71. The summed E-state index contributed by atoms with van der Waals surface area (Å²) in [5, 5.41) is 4.86. The zero-order chi connectivity index (χ0) is 21.3. The summed E-state index contributed by atoms with van der Waals surface area (Å²) in [7, 11) is 3.08. The smallest absolute Gasteiger partial charge is 0.363 e. The van der Waals surface area contributed by atoms with Gasteiger partial charge in [-0.3, -0.25) is 0 Å². The fourth-order valence-corrected chi connectivity index (χ4v) is 3.38. The summed E-state index contributed by atoms with van der Waals surface area (Å²) in [6, 6.07) is 14.6. The number of benzene rings is 2. The highest BCUT2D eigenvalue weighted by Gasteiger charge is 2.26. The topological polar surface area (TPSA) is 74.9 Å². The summed E-state index contributed by atoms with van der Waals surface area (Å²) in [6.45, 7) is 1.82. The molecule has 0 radical (unpaired) electrons. The number of cyclic esters (lactones) is 1. The van der Waals surface area contributed by atoms with Crippen LogP contribution in [0.15, 0.2) is 59.2 Å². The highest BCUT2D eigenvalue weighted by molar-refractivity contribution is 6.31. The maximum Gasteiger partial charge on any atom is 0.363 e. The van der Waals surface area contributed by atoms with Gasteiger partial charge in [0.15, 0.2) is 17.2 Å². The quantitative estimate of drug-likeness (QED) is 0.454. The van der Waals surface area contributed by atoms with Gasteiger partial charge in [0.05, 0.1) is 25.6 Å². The van der Waals surface area contributed by atoms with Crippen LogP contribution in [-0.4, -0.2) is 35.9 Å². The molecule has 30 heavy (non-hydrogen) atoms. The fraction of sp³-hybridized carbons (Fsp3) is 0.136. The molecule has 0 atom stereocenters. The number of halogens is 1. The van der Waals surface area contributed by atoms with Gasteiger partial charge in [-0.15, -0.1) is 0 Å². The third-order valence-electron chi connectivity index (χ3n) is 4.58. The molecule has 0 saturated heterocycles. The van der Waals surface area contributed by atoms with Crippen LogP contribution in [0.2, 0.25) is 5.15 Å². The van der Waals surface area contributed by atoms with E-state index in [9.17, 15) is 4.79 Å². The number of aromatic nitrogens is 2. The second-order valence-corrected chi connectivity index (χ2v) is 6.80. The van der Waals surface area contributed by atoms with E-state index in [0.29, 0.717) is 33.5 Å². The van der Waals surface area contributed by atoms with Crippen molar-refractivity contribution in [1.82, 2.24) is 9.78 Å². The van der Waals surface area contributed by atoms with Crippen LogP contribution in [-0.2, 0) is 9.53 Å². The Morgan fingerprint density at radius 3 is 2.50 bits per heavy atom. The lowest BCUT2D eigenvalue weighted by atomic mass is 10.2. The number of esters is 1. The second kappa shape index (κ2) is 8.04. The SMILES string of the molecule is COc1ccc(C2=N/C(=C\c3c(C)nn(-c4ccccc4)c3Cl)C(=O)O2)cc1OC. The minimum atomic E-state index is -0.567. The normalized spacial score (nSPS) is 14.6. The molecular formula is C22H18ClN3O4. The Hall–Kier alpha value is -3.58.